The van der Waals surface area contributed by atoms with E-state index in [1.165, 1.54) is 19.1 Å². The molecule has 0 bridgehead atoms. The van der Waals surface area contributed by atoms with Gasteiger partial charge in [-0.3, -0.25) is 9.59 Å². The predicted octanol–water partition coefficient (Wildman–Crippen LogP) is 1.82. The standard InChI is InChI=1S/C18H27N3O4S/c1-13(2)12-19-26(24,25)17-6-4-16(5-7-17)20-18(23)15-8-10-21(11-9-15)14(3)22/h4-7,13,15,19H,8-12H2,1-3H3,(H,20,23). The van der Waals surface area contributed by atoms with Gasteiger partial charge in [-0.05, 0) is 43.0 Å². The maximum absolute atomic E-state index is 12.4. The third kappa shape index (κ3) is 5.54. The molecule has 0 aromatic heterocycles. The number of amides is 2. The normalized spacial score (nSPS) is 15.9. The summed E-state index contributed by atoms with van der Waals surface area (Å²) in [5, 5.41) is 2.83. The van der Waals surface area contributed by atoms with Crippen LogP contribution in [-0.4, -0.2) is 44.8 Å². The van der Waals surface area contributed by atoms with E-state index in [1.807, 2.05) is 13.8 Å². The molecule has 0 radical (unpaired) electrons. The minimum absolute atomic E-state index is 0.0340. The molecule has 2 rings (SSSR count). The van der Waals surface area contributed by atoms with Crippen molar-refractivity contribution in [2.75, 3.05) is 25.0 Å². The summed E-state index contributed by atoms with van der Waals surface area (Å²) < 4.78 is 26.9. The van der Waals surface area contributed by atoms with Crippen molar-refractivity contribution in [1.82, 2.24) is 9.62 Å². The number of nitrogens with one attached hydrogen (secondary N) is 2. The van der Waals surface area contributed by atoms with Gasteiger partial charge >= 0.3 is 0 Å². The summed E-state index contributed by atoms with van der Waals surface area (Å²) >= 11 is 0. The number of carbonyl (C=O) groups is 2. The molecule has 144 valence electrons. The molecule has 1 aromatic rings. The molecular weight excluding hydrogens is 354 g/mol. The number of hydrogen-bond acceptors (Lipinski definition) is 4. The van der Waals surface area contributed by atoms with Crippen LogP contribution < -0.4 is 10.0 Å². The number of carbonyl (C=O) groups excluding carboxylic acids is 2. The Morgan fingerprint density at radius 1 is 1.15 bits per heavy atom. The highest BCUT2D eigenvalue weighted by atomic mass is 32.2. The molecule has 26 heavy (non-hydrogen) atoms. The lowest BCUT2D eigenvalue weighted by Gasteiger charge is -2.30. The quantitative estimate of drug-likeness (QED) is 0.786. The zero-order valence-corrected chi connectivity index (χ0v) is 16.3. The van der Waals surface area contributed by atoms with E-state index in [1.54, 1.807) is 17.0 Å². The fourth-order valence-electron chi connectivity index (χ4n) is 2.78. The summed E-state index contributed by atoms with van der Waals surface area (Å²) in [7, 11) is -3.54. The molecule has 1 aliphatic heterocycles. The van der Waals surface area contributed by atoms with Gasteiger partial charge in [-0.25, -0.2) is 13.1 Å². The minimum atomic E-state index is -3.54. The van der Waals surface area contributed by atoms with Crippen LogP contribution in [0.15, 0.2) is 29.2 Å². The van der Waals surface area contributed by atoms with Crippen molar-refractivity contribution in [2.45, 2.75) is 38.5 Å². The summed E-state index contributed by atoms with van der Waals surface area (Å²) in [5.41, 5.74) is 0.562. The van der Waals surface area contributed by atoms with Gasteiger partial charge in [0.1, 0.15) is 0 Å². The van der Waals surface area contributed by atoms with E-state index >= 15 is 0 Å². The summed E-state index contributed by atoms with van der Waals surface area (Å²) in [6.07, 6.45) is 1.27. The van der Waals surface area contributed by atoms with Crippen LogP contribution in [0, 0.1) is 11.8 Å². The van der Waals surface area contributed by atoms with Gasteiger partial charge in [0.15, 0.2) is 0 Å². The SMILES string of the molecule is CC(=O)N1CCC(C(=O)Nc2ccc(S(=O)(=O)NCC(C)C)cc2)CC1. The van der Waals surface area contributed by atoms with Gasteiger partial charge in [0.05, 0.1) is 4.90 Å². The average molecular weight is 381 g/mol. The molecule has 7 nitrogen and oxygen atoms in total. The molecule has 0 unspecified atom stereocenters. The first-order chi connectivity index (χ1) is 12.2. The number of nitrogens with zero attached hydrogens (tertiary/aromatic N) is 1. The van der Waals surface area contributed by atoms with Crippen molar-refractivity contribution in [1.29, 1.82) is 0 Å². The van der Waals surface area contributed by atoms with E-state index in [2.05, 4.69) is 10.0 Å². The van der Waals surface area contributed by atoms with Gasteiger partial charge in [0.2, 0.25) is 21.8 Å². The van der Waals surface area contributed by atoms with Gasteiger partial charge in [0, 0.05) is 38.2 Å². The van der Waals surface area contributed by atoms with Crippen LogP contribution in [0.1, 0.15) is 33.6 Å². The lowest BCUT2D eigenvalue weighted by Crippen LogP contribution is -2.40. The monoisotopic (exact) mass is 381 g/mol. The third-order valence-electron chi connectivity index (χ3n) is 4.42. The van der Waals surface area contributed by atoms with Crippen molar-refractivity contribution < 1.29 is 18.0 Å². The molecule has 2 amide bonds. The fraction of sp³-hybridized carbons (Fsp3) is 0.556. The number of sulfonamides is 1. The molecule has 0 spiro atoms. The maximum Gasteiger partial charge on any atom is 0.240 e. The average Bonchev–Trinajstić information content (AvgIpc) is 2.60. The topological polar surface area (TPSA) is 95.6 Å². The zero-order chi connectivity index (χ0) is 19.3. The van der Waals surface area contributed by atoms with E-state index < -0.39 is 10.0 Å². The van der Waals surface area contributed by atoms with Gasteiger partial charge in [-0.1, -0.05) is 13.8 Å². The van der Waals surface area contributed by atoms with Crippen LogP contribution in [0.25, 0.3) is 0 Å². The first-order valence-electron chi connectivity index (χ1n) is 8.85. The first-order valence-corrected chi connectivity index (χ1v) is 10.3. The van der Waals surface area contributed by atoms with E-state index in [4.69, 9.17) is 0 Å². The second kappa shape index (κ2) is 8.64. The lowest BCUT2D eigenvalue weighted by atomic mass is 9.96. The van der Waals surface area contributed by atoms with Crippen LogP contribution in [0.5, 0.6) is 0 Å². The Morgan fingerprint density at radius 2 is 1.73 bits per heavy atom. The number of anilines is 1. The fourth-order valence-corrected chi connectivity index (χ4v) is 3.99. The van der Waals surface area contributed by atoms with Crippen LogP contribution in [-0.2, 0) is 19.6 Å². The Hall–Kier alpha value is -1.93. The zero-order valence-electron chi connectivity index (χ0n) is 15.5. The van der Waals surface area contributed by atoms with Crippen LogP contribution in [0.4, 0.5) is 5.69 Å². The van der Waals surface area contributed by atoms with E-state index in [0.29, 0.717) is 38.2 Å². The molecule has 0 atom stereocenters. The van der Waals surface area contributed by atoms with Crippen LogP contribution in [0.3, 0.4) is 0 Å². The second-order valence-corrected chi connectivity index (χ2v) is 8.81. The number of piperidine rings is 1. The largest absolute Gasteiger partial charge is 0.343 e. The second-order valence-electron chi connectivity index (χ2n) is 7.04. The van der Waals surface area contributed by atoms with Gasteiger partial charge in [-0.15, -0.1) is 0 Å². The molecule has 1 saturated heterocycles. The van der Waals surface area contributed by atoms with Gasteiger partial charge in [0.25, 0.3) is 0 Å². The Balaban J connectivity index is 1.93. The smallest absolute Gasteiger partial charge is 0.240 e. The molecule has 1 heterocycles. The molecule has 1 fully saturated rings. The Bertz CT molecular complexity index is 736. The Kier molecular flexibility index (Phi) is 6.77. The summed E-state index contributed by atoms with van der Waals surface area (Å²) in [6, 6.07) is 6.15. The van der Waals surface area contributed by atoms with Crippen molar-refractivity contribution in [3.05, 3.63) is 24.3 Å². The van der Waals surface area contributed by atoms with Crippen molar-refractivity contribution in [3.63, 3.8) is 0 Å². The van der Waals surface area contributed by atoms with E-state index in [-0.39, 0.29) is 28.5 Å². The number of hydrogen-bond donors (Lipinski definition) is 2. The molecule has 1 aliphatic rings. The highest BCUT2D eigenvalue weighted by Crippen LogP contribution is 2.20. The predicted molar refractivity (Wildman–Crippen MR) is 100 cm³/mol. The lowest BCUT2D eigenvalue weighted by molar-refractivity contribution is -0.132. The number of benzene rings is 1. The van der Waals surface area contributed by atoms with E-state index in [9.17, 15) is 18.0 Å². The molecular formula is C18H27N3O4S. The van der Waals surface area contributed by atoms with Crippen molar-refractivity contribution in [3.8, 4) is 0 Å². The maximum atomic E-state index is 12.4. The third-order valence-corrected chi connectivity index (χ3v) is 5.86. The summed E-state index contributed by atoms with van der Waals surface area (Å²) in [6.45, 7) is 6.95. The first kappa shape index (κ1) is 20.4. The summed E-state index contributed by atoms with van der Waals surface area (Å²) in [4.78, 5) is 25.6. The molecule has 1 aromatic carbocycles. The Labute approximate surface area is 155 Å². The highest BCUT2D eigenvalue weighted by Gasteiger charge is 2.26. The van der Waals surface area contributed by atoms with Crippen molar-refractivity contribution >= 4 is 27.5 Å². The Morgan fingerprint density at radius 3 is 2.23 bits per heavy atom. The van der Waals surface area contributed by atoms with Gasteiger partial charge in [-0.2, -0.15) is 0 Å². The number of likely N-dealkylation sites (tertiary alicyclic amines) is 1. The molecule has 2 N–H and O–H groups in total. The van der Waals surface area contributed by atoms with Crippen LogP contribution in [0.2, 0.25) is 0 Å². The minimum Gasteiger partial charge on any atom is -0.343 e. The van der Waals surface area contributed by atoms with Gasteiger partial charge < -0.3 is 10.2 Å². The van der Waals surface area contributed by atoms with E-state index in [0.717, 1.165) is 0 Å². The molecule has 0 aliphatic carbocycles. The van der Waals surface area contributed by atoms with Crippen molar-refractivity contribution in [2.24, 2.45) is 11.8 Å². The van der Waals surface area contributed by atoms with Crippen LogP contribution >= 0.6 is 0 Å². The number of rotatable bonds is 6. The molecule has 8 heteroatoms. The molecule has 0 saturated carbocycles. The summed E-state index contributed by atoms with van der Waals surface area (Å²) in [5.74, 6) is 0.0212. The highest BCUT2D eigenvalue weighted by molar-refractivity contribution is 7.89.